The first-order chi connectivity index (χ1) is 7.56. The number of aromatic nitrogens is 2. The molecule has 1 aromatic heterocycles. The lowest BCUT2D eigenvalue weighted by molar-refractivity contribution is -0.00774. The van der Waals surface area contributed by atoms with Crippen LogP contribution in [0.2, 0.25) is 0 Å². The lowest BCUT2D eigenvalue weighted by Crippen LogP contribution is -2.42. The molecule has 1 heterocycles. The van der Waals surface area contributed by atoms with Crippen molar-refractivity contribution < 1.29 is 15.3 Å². The maximum absolute atomic E-state index is 11.3. The predicted molar refractivity (Wildman–Crippen MR) is 55.0 cm³/mol. The predicted octanol–water partition coefficient (Wildman–Crippen LogP) is -2.50. The van der Waals surface area contributed by atoms with E-state index in [2.05, 4.69) is 0 Å². The van der Waals surface area contributed by atoms with Crippen molar-refractivity contribution in [3.8, 4) is 0 Å². The number of rotatable bonds is 5. The lowest BCUT2D eigenvalue weighted by atomic mass is 9.91. The van der Waals surface area contributed by atoms with Crippen molar-refractivity contribution in [3.63, 3.8) is 0 Å². The summed E-state index contributed by atoms with van der Waals surface area (Å²) < 4.78 is 1.12. The number of nitrogens with one attached hydrogen (secondary N) is 1. The van der Waals surface area contributed by atoms with Crippen LogP contribution in [-0.4, -0.2) is 44.7 Å². The van der Waals surface area contributed by atoms with E-state index in [0.717, 1.165) is 10.6 Å². The molecule has 1 rings (SSSR count). The summed E-state index contributed by atoms with van der Waals surface area (Å²) >= 11 is 0. The van der Waals surface area contributed by atoms with Crippen LogP contribution in [0.1, 0.15) is 0 Å². The third-order valence-corrected chi connectivity index (χ3v) is 2.41. The molecule has 0 saturated heterocycles. The Hall–Kier alpha value is -1.44. The van der Waals surface area contributed by atoms with E-state index in [1.54, 1.807) is 0 Å². The molecule has 0 atom stereocenters. The summed E-state index contributed by atoms with van der Waals surface area (Å²) in [7, 11) is 0. The smallest absolute Gasteiger partial charge is 0.328 e. The fourth-order valence-electron chi connectivity index (χ4n) is 1.23. The van der Waals surface area contributed by atoms with Gasteiger partial charge in [0.15, 0.2) is 0 Å². The Morgan fingerprint density at radius 1 is 1.19 bits per heavy atom. The molecule has 7 nitrogen and oxygen atoms in total. The zero-order valence-corrected chi connectivity index (χ0v) is 8.59. The molecule has 0 amide bonds. The minimum Gasteiger partial charge on any atom is -0.396 e. The second-order valence-corrected chi connectivity index (χ2v) is 3.71. The van der Waals surface area contributed by atoms with Gasteiger partial charge in [-0.2, -0.15) is 0 Å². The van der Waals surface area contributed by atoms with Crippen molar-refractivity contribution in [3.05, 3.63) is 33.1 Å². The highest BCUT2D eigenvalue weighted by Crippen LogP contribution is 2.16. The van der Waals surface area contributed by atoms with Gasteiger partial charge in [-0.3, -0.25) is 14.3 Å². The van der Waals surface area contributed by atoms with E-state index in [9.17, 15) is 9.59 Å². The number of hydrogen-bond acceptors (Lipinski definition) is 5. The molecule has 7 heteroatoms. The van der Waals surface area contributed by atoms with Gasteiger partial charge in [-0.15, -0.1) is 0 Å². The molecule has 16 heavy (non-hydrogen) atoms. The number of nitrogens with zero attached hydrogens (tertiary/aromatic N) is 1. The minimum atomic E-state index is -1.18. The van der Waals surface area contributed by atoms with Crippen LogP contribution in [-0.2, 0) is 6.54 Å². The van der Waals surface area contributed by atoms with E-state index >= 15 is 0 Å². The molecule has 0 bridgehead atoms. The van der Waals surface area contributed by atoms with Crippen molar-refractivity contribution in [2.45, 2.75) is 6.54 Å². The molecule has 0 radical (unpaired) electrons. The van der Waals surface area contributed by atoms with Gasteiger partial charge in [0.1, 0.15) is 0 Å². The summed E-state index contributed by atoms with van der Waals surface area (Å²) in [6.45, 7) is -1.48. The van der Waals surface area contributed by atoms with Gasteiger partial charge in [0.2, 0.25) is 0 Å². The topological polar surface area (TPSA) is 116 Å². The summed E-state index contributed by atoms with van der Waals surface area (Å²) in [6, 6.07) is 1.15. The van der Waals surface area contributed by atoms with Crippen LogP contribution in [0, 0.1) is 5.41 Å². The number of aromatic amines is 1. The Balaban J connectivity index is 3.03. The molecule has 1 aromatic rings. The minimum absolute atomic E-state index is 0.0773. The SMILES string of the molecule is O=c1ccn(CC(CO)(CO)CO)c(=O)[nH]1. The van der Waals surface area contributed by atoms with Gasteiger partial charge in [-0.05, 0) is 0 Å². The van der Waals surface area contributed by atoms with Crippen LogP contribution in [0.4, 0.5) is 0 Å². The largest absolute Gasteiger partial charge is 0.396 e. The highest BCUT2D eigenvalue weighted by Gasteiger charge is 2.29. The molecule has 0 spiro atoms. The van der Waals surface area contributed by atoms with Gasteiger partial charge in [-0.25, -0.2) is 4.79 Å². The lowest BCUT2D eigenvalue weighted by Gasteiger charge is -2.27. The van der Waals surface area contributed by atoms with E-state index in [4.69, 9.17) is 15.3 Å². The second kappa shape index (κ2) is 5.06. The first-order valence-electron chi connectivity index (χ1n) is 4.69. The molecular weight excluding hydrogens is 216 g/mol. The van der Waals surface area contributed by atoms with Crippen LogP contribution in [0.3, 0.4) is 0 Å². The quantitative estimate of drug-likeness (QED) is 0.446. The average molecular weight is 230 g/mol. The summed E-state index contributed by atoms with van der Waals surface area (Å²) in [5.41, 5.74) is -2.35. The average Bonchev–Trinajstić information content (AvgIpc) is 2.29. The first-order valence-corrected chi connectivity index (χ1v) is 4.69. The van der Waals surface area contributed by atoms with Crippen LogP contribution >= 0.6 is 0 Å². The number of H-pyrrole nitrogens is 1. The Morgan fingerprint density at radius 3 is 2.19 bits per heavy atom. The summed E-state index contributed by atoms with van der Waals surface area (Å²) in [5.74, 6) is 0. The molecule has 90 valence electrons. The maximum atomic E-state index is 11.3. The van der Waals surface area contributed by atoms with E-state index in [1.165, 1.54) is 6.20 Å². The molecular formula is C9H14N2O5. The van der Waals surface area contributed by atoms with Crippen LogP contribution in [0.25, 0.3) is 0 Å². The number of aliphatic hydroxyl groups is 3. The molecule has 0 fully saturated rings. The molecule has 0 aliphatic carbocycles. The Bertz CT molecular complexity index is 437. The third kappa shape index (κ3) is 2.57. The van der Waals surface area contributed by atoms with Gasteiger partial charge in [-0.1, -0.05) is 0 Å². The van der Waals surface area contributed by atoms with Gasteiger partial charge in [0, 0.05) is 18.8 Å². The van der Waals surface area contributed by atoms with Crippen LogP contribution < -0.4 is 11.2 Å². The summed E-state index contributed by atoms with van der Waals surface area (Å²) in [6.07, 6.45) is 1.25. The monoisotopic (exact) mass is 230 g/mol. The van der Waals surface area contributed by atoms with Crippen molar-refractivity contribution in [1.29, 1.82) is 0 Å². The Labute approximate surface area is 90.6 Å². The van der Waals surface area contributed by atoms with Crippen LogP contribution in [0.5, 0.6) is 0 Å². The Morgan fingerprint density at radius 2 is 1.75 bits per heavy atom. The molecule has 0 saturated carbocycles. The van der Waals surface area contributed by atoms with Crippen molar-refractivity contribution in [2.75, 3.05) is 19.8 Å². The number of hydrogen-bond donors (Lipinski definition) is 4. The van der Waals surface area contributed by atoms with E-state index in [0.29, 0.717) is 0 Å². The normalized spacial score (nSPS) is 11.7. The highest BCUT2D eigenvalue weighted by molar-refractivity contribution is 4.86. The van der Waals surface area contributed by atoms with Crippen molar-refractivity contribution in [1.82, 2.24) is 9.55 Å². The van der Waals surface area contributed by atoms with Gasteiger partial charge < -0.3 is 15.3 Å². The molecule has 0 unspecified atom stereocenters. The third-order valence-electron chi connectivity index (χ3n) is 2.41. The molecule has 0 aliphatic rings. The standard InChI is InChI=1S/C9H14N2O5/c12-4-9(5-13,6-14)3-11-2-1-7(15)10-8(11)16/h1-2,12-14H,3-6H2,(H,10,15,16). The second-order valence-electron chi connectivity index (χ2n) is 3.71. The van der Waals surface area contributed by atoms with Crippen molar-refractivity contribution >= 4 is 0 Å². The zero-order chi connectivity index (χ0) is 12.2. The molecule has 0 aliphatic heterocycles. The summed E-state index contributed by atoms with van der Waals surface area (Å²) in [5, 5.41) is 27.2. The summed E-state index contributed by atoms with van der Waals surface area (Å²) in [4.78, 5) is 24.2. The fraction of sp³-hybridized carbons (Fsp3) is 0.556. The Kier molecular flexibility index (Phi) is 3.99. The van der Waals surface area contributed by atoms with Crippen LogP contribution in [0.15, 0.2) is 21.9 Å². The maximum Gasteiger partial charge on any atom is 0.328 e. The zero-order valence-electron chi connectivity index (χ0n) is 8.59. The fourth-order valence-corrected chi connectivity index (χ4v) is 1.23. The number of aliphatic hydroxyl groups excluding tert-OH is 3. The van der Waals surface area contributed by atoms with Crippen molar-refractivity contribution in [2.24, 2.45) is 5.41 Å². The van der Waals surface area contributed by atoms with E-state index in [-0.39, 0.29) is 6.54 Å². The van der Waals surface area contributed by atoms with Gasteiger partial charge in [0.25, 0.3) is 5.56 Å². The first kappa shape index (κ1) is 12.6. The highest BCUT2D eigenvalue weighted by atomic mass is 16.3. The van der Waals surface area contributed by atoms with E-state index < -0.39 is 36.5 Å². The van der Waals surface area contributed by atoms with Gasteiger partial charge in [0.05, 0.1) is 25.2 Å². The van der Waals surface area contributed by atoms with E-state index in [1.807, 2.05) is 4.98 Å². The molecule has 4 N–H and O–H groups in total. The van der Waals surface area contributed by atoms with Gasteiger partial charge >= 0.3 is 5.69 Å². The molecule has 0 aromatic carbocycles.